The minimum Gasteiger partial charge on any atom is -0.482 e. The molecule has 7 heteroatoms. The molecule has 0 bridgehead atoms. The second-order valence-electron chi connectivity index (χ2n) is 12.5. The van der Waals surface area contributed by atoms with Crippen molar-refractivity contribution in [2.45, 2.75) is 70.3 Å². The number of carbonyl (C=O) groups is 1. The van der Waals surface area contributed by atoms with Crippen molar-refractivity contribution in [2.75, 3.05) is 0 Å². The summed E-state index contributed by atoms with van der Waals surface area (Å²) in [5.41, 5.74) is -0.661. The van der Waals surface area contributed by atoms with Crippen LogP contribution in [0.3, 0.4) is 0 Å². The Bertz CT molecular complexity index is 1500. The maximum Gasteiger partial charge on any atom is 0.261 e. The number of ether oxygens (including phenoxy) is 1. The van der Waals surface area contributed by atoms with E-state index in [9.17, 15) is 14.7 Å². The Morgan fingerprint density at radius 3 is 1.95 bits per heavy atom. The van der Waals surface area contributed by atoms with Gasteiger partial charge in [0.15, 0.2) is 5.76 Å². The standard InChI is InChI=1S/C36H40O6Si/c1-35(2,3)43(29-15-9-5-10-16-29,30-17-11-6-12-18-30)42-28-19-22-36(26-37,23-20-28)34(39)33-32(31(38)21-24-40-33)41-25-27-13-7-4-8-14-27/h4-18,21,24,26,28,34,39H,19-20,22-23,25H2,1-3H3. The number of rotatable bonds is 10. The van der Waals surface area contributed by atoms with Crippen LogP contribution in [-0.4, -0.2) is 25.8 Å². The molecule has 6 nitrogen and oxygen atoms in total. The fourth-order valence-electron chi connectivity index (χ4n) is 6.39. The lowest BCUT2D eigenvalue weighted by Crippen LogP contribution is -2.68. The normalized spacial score (nSPS) is 19.9. The molecule has 1 unspecified atom stereocenters. The molecule has 0 radical (unpaired) electrons. The van der Waals surface area contributed by atoms with Crippen LogP contribution in [0.1, 0.15) is 63.9 Å². The van der Waals surface area contributed by atoms with Gasteiger partial charge in [0.05, 0.1) is 11.7 Å². The Morgan fingerprint density at radius 1 is 0.907 bits per heavy atom. The highest BCUT2D eigenvalue weighted by Gasteiger charge is 2.53. The molecule has 1 aliphatic carbocycles. The molecule has 5 rings (SSSR count). The summed E-state index contributed by atoms with van der Waals surface area (Å²) in [6.45, 7) is 6.87. The molecule has 1 atom stereocenters. The van der Waals surface area contributed by atoms with Gasteiger partial charge in [-0.05, 0) is 46.7 Å². The van der Waals surface area contributed by atoms with E-state index in [1.807, 2.05) is 42.5 Å². The molecule has 1 heterocycles. The molecule has 43 heavy (non-hydrogen) atoms. The first kappa shape index (κ1) is 30.7. The molecule has 3 aromatic carbocycles. The van der Waals surface area contributed by atoms with Crippen LogP contribution in [0, 0.1) is 5.41 Å². The Morgan fingerprint density at radius 2 is 1.44 bits per heavy atom. The van der Waals surface area contributed by atoms with Crippen LogP contribution in [-0.2, 0) is 15.8 Å². The van der Waals surface area contributed by atoms with Crippen LogP contribution < -0.4 is 20.5 Å². The molecule has 1 aliphatic rings. The molecule has 4 aromatic rings. The first-order chi connectivity index (χ1) is 20.7. The van der Waals surface area contributed by atoms with Crippen molar-refractivity contribution in [3.8, 4) is 5.75 Å². The third kappa shape index (κ3) is 6.16. The second kappa shape index (κ2) is 12.8. The molecule has 0 spiro atoms. The summed E-state index contributed by atoms with van der Waals surface area (Å²) in [4.78, 5) is 25.5. The van der Waals surface area contributed by atoms with E-state index in [2.05, 4.69) is 69.3 Å². The van der Waals surface area contributed by atoms with Crippen LogP contribution in [0.5, 0.6) is 5.75 Å². The summed E-state index contributed by atoms with van der Waals surface area (Å²) >= 11 is 0. The lowest BCUT2D eigenvalue weighted by Gasteiger charge is -2.47. The van der Waals surface area contributed by atoms with Crippen LogP contribution in [0.4, 0.5) is 0 Å². The number of hydrogen-bond donors (Lipinski definition) is 1. The lowest BCUT2D eigenvalue weighted by molar-refractivity contribution is -0.129. The van der Waals surface area contributed by atoms with E-state index in [0.29, 0.717) is 25.7 Å². The maximum absolute atomic E-state index is 12.8. The Labute approximate surface area is 254 Å². The fraction of sp³-hybridized carbons (Fsp3) is 0.333. The second-order valence-corrected chi connectivity index (χ2v) is 16.7. The summed E-state index contributed by atoms with van der Waals surface area (Å²) in [6.07, 6.45) is 2.56. The third-order valence-electron chi connectivity index (χ3n) is 8.74. The number of hydrogen-bond acceptors (Lipinski definition) is 6. The van der Waals surface area contributed by atoms with Crippen LogP contribution in [0.15, 0.2) is 113 Å². The molecule has 1 saturated carbocycles. The summed E-state index contributed by atoms with van der Waals surface area (Å²) < 4.78 is 18.9. The van der Waals surface area contributed by atoms with Crippen molar-refractivity contribution in [1.29, 1.82) is 0 Å². The van der Waals surface area contributed by atoms with Gasteiger partial charge in [0.1, 0.15) is 19.0 Å². The monoisotopic (exact) mass is 596 g/mol. The van der Waals surface area contributed by atoms with Gasteiger partial charge in [0, 0.05) is 12.2 Å². The van der Waals surface area contributed by atoms with Crippen molar-refractivity contribution in [1.82, 2.24) is 0 Å². The summed E-state index contributed by atoms with van der Waals surface area (Å²) in [5.74, 6) is -0.0763. The molecule has 224 valence electrons. The number of carbonyl (C=O) groups excluding carboxylic acids is 1. The zero-order chi connectivity index (χ0) is 30.5. The molecular weight excluding hydrogens is 556 g/mol. The van der Waals surface area contributed by atoms with E-state index >= 15 is 0 Å². The van der Waals surface area contributed by atoms with Gasteiger partial charge in [-0.3, -0.25) is 4.79 Å². The van der Waals surface area contributed by atoms with Gasteiger partial charge < -0.3 is 23.5 Å². The largest absolute Gasteiger partial charge is 0.482 e. The van der Waals surface area contributed by atoms with Crippen LogP contribution >= 0.6 is 0 Å². The zero-order valence-electron chi connectivity index (χ0n) is 25.1. The summed E-state index contributed by atoms with van der Waals surface area (Å²) in [7, 11) is -2.77. The molecule has 1 N–H and O–H groups in total. The Kier molecular flexibility index (Phi) is 9.15. The summed E-state index contributed by atoms with van der Waals surface area (Å²) in [5, 5.41) is 13.9. The minimum atomic E-state index is -2.77. The molecular formula is C36H40O6Si. The predicted octanol–water partition coefficient (Wildman–Crippen LogP) is 5.96. The topological polar surface area (TPSA) is 86.0 Å². The SMILES string of the molecule is CC(C)(C)[Si](OC1CCC(C=O)(C(O)c2occc(=O)c2OCc2ccccc2)CC1)(c1ccccc1)c1ccccc1. The highest BCUT2D eigenvalue weighted by molar-refractivity contribution is 6.99. The minimum absolute atomic E-state index is 0.0121. The Balaban J connectivity index is 1.41. The smallest absolute Gasteiger partial charge is 0.261 e. The molecule has 0 aliphatic heterocycles. The maximum atomic E-state index is 12.8. The molecule has 0 amide bonds. The van der Waals surface area contributed by atoms with Gasteiger partial charge in [-0.15, -0.1) is 0 Å². The zero-order valence-corrected chi connectivity index (χ0v) is 26.1. The van der Waals surface area contributed by atoms with Gasteiger partial charge in [-0.2, -0.15) is 0 Å². The number of aldehydes is 1. The number of aliphatic hydroxyl groups excluding tert-OH is 1. The van der Waals surface area contributed by atoms with Crippen molar-refractivity contribution in [2.24, 2.45) is 5.41 Å². The van der Waals surface area contributed by atoms with E-state index < -0.39 is 25.3 Å². The fourth-order valence-corrected chi connectivity index (χ4v) is 11.1. The average Bonchev–Trinajstić information content (AvgIpc) is 3.03. The van der Waals surface area contributed by atoms with E-state index in [1.54, 1.807) is 0 Å². The van der Waals surface area contributed by atoms with Gasteiger partial charge >= 0.3 is 0 Å². The van der Waals surface area contributed by atoms with Gasteiger partial charge in [-0.1, -0.05) is 112 Å². The van der Waals surface area contributed by atoms with Crippen LogP contribution in [0.2, 0.25) is 5.04 Å². The first-order valence-electron chi connectivity index (χ1n) is 14.9. The van der Waals surface area contributed by atoms with Gasteiger partial charge in [0.2, 0.25) is 11.2 Å². The highest BCUT2D eigenvalue weighted by atomic mass is 28.4. The average molecular weight is 597 g/mol. The van der Waals surface area contributed by atoms with Crippen molar-refractivity contribution >= 4 is 25.0 Å². The highest BCUT2D eigenvalue weighted by Crippen LogP contribution is 2.48. The first-order valence-corrected chi connectivity index (χ1v) is 16.8. The van der Waals surface area contributed by atoms with Crippen LogP contribution in [0.25, 0.3) is 0 Å². The Hall–Kier alpha value is -3.78. The lowest BCUT2D eigenvalue weighted by atomic mass is 9.69. The quantitative estimate of drug-likeness (QED) is 0.180. The van der Waals surface area contributed by atoms with Crippen molar-refractivity contribution in [3.63, 3.8) is 0 Å². The predicted molar refractivity (Wildman–Crippen MR) is 170 cm³/mol. The van der Waals surface area contributed by atoms with Crippen molar-refractivity contribution in [3.05, 3.63) is 125 Å². The summed E-state index contributed by atoms with van der Waals surface area (Å²) in [6, 6.07) is 31.7. The number of benzene rings is 3. The van der Waals surface area contributed by atoms with E-state index in [1.165, 1.54) is 22.7 Å². The molecule has 1 fully saturated rings. The van der Waals surface area contributed by atoms with E-state index in [-0.39, 0.29) is 29.3 Å². The molecule has 0 saturated heterocycles. The van der Waals surface area contributed by atoms with Crippen molar-refractivity contribution < 1.29 is 23.5 Å². The number of aliphatic hydroxyl groups is 1. The van der Waals surface area contributed by atoms with Gasteiger partial charge in [-0.25, -0.2) is 0 Å². The van der Waals surface area contributed by atoms with E-state index in [4.69, 9.17) is 13.6 Å². The molecule has 1 aromatic heterocycles. The van der Waals surface area contributed by atoms with E-state index in [0.717, 1.165) is 11.8 Å². The van der Waals surface area contributed by atoms with Gasteiger partial charge in [0.25, 0.3) is 8.32 Å². The third-order valence-corrected chi connectivity index (χ3v) is 13.8.